The van der Waals surface area contributed by atoms with E-state index >= 15 is 0 Å². The van der Waals surface area contributed by atoms with Crippen molar-refractivity contribution in [3.8, 4) is 22.8 Å². The molecule has 0 bridgehead atoms. The van der Waals surface area contributed by atoms with Gasteiger partial charge in [0.2, 0.25) is 5.91 Å². The second-order valence-corrected chi connectivity index (χ2v) is 17.7. The molecule has 0 aliphatic heterocycles. The maximum absolute atomic E-state index is 13.0. The number of nitrogens with one attached hydrogen (secondary N) is 2. The summed E-state index contributed by atoms with van der Waals surface area (Å²) in [5.74, 6) is 0.105. The number of imidazole rings is 3. The molecule has 5 aromatic heterocycles. The Balaban J connectivity index is 0.000000198. The predicted octanol–water partition coefficient (Wildman–Crippen LogP) is 6.62. The number of alkyl halides is 6. The summed E-state index contributed by atoms with van der Waals surface area (Å²) in [6.07, 6.45) is -7.14. The van der Waals surface area contributed by atoms with Gasteiger partial charge in [-0.25, -0.2) is 41.8 Å². The first-order valence-electron chi connectivity index (χ1n) is 17.3. The van der Waals surface area contributed by atoms with Crippen LogP contribution in [-0.4, -0.2) is 73.3 Å². The zero-order chi connectivity index (χ0) is 43.6. The number of anilines is 2. The van der Waals surface area contributed by atoms with Gasteiger partial charge < -0.3 is 25.2 Å². The fourth-order valence-corrected chi connectivity index (χ4v) is 8.39. The number of nitrogens with zero attached hydrogens (tertiary/aromatic N) is 7. The molecule has 0 saturated heterocycles. The number of sulfone groups is 2. The fraction of sp³-hybridized carbons (Fsp3) is 0.278. The van der Waals surface area contributed by atoms with Crippen molar-refractivity contribution in [2.45, 2.75) is 49.8 Å². The number of benzene rings is 2. The largest absolute Gasteiger partial charge is 0.433 e. The monoisotopic (exact) mass is 864 g/mol. The molecule has 2 aromatic carbocycles. The van der Waals surface area contributed by atoms with E-state index in [2.05, 4.69) is 35.2 Å². The highest BCUT2D eigenvalue weighted by Crippen LogP contribution is 2.38. The molecule has 15 nitrogen and oxygen atoms in total. The van der Waals surface area contributed by atoms with E-state index in [0.29, 0.717) is 22.4 Å². The van der Waals surface area contributed by atoms with Crippen LogP contribution in [0.3, 0.4) is 0 Å². The molecular weight excluding hydrogens is 831 g/mol. The standard InChI is InChI=1S/C18H18F3N5O3S.C18H16F3N5O2S/c1-4-30(28,29)15-6-12(24-9(2)27)11(22)5-10(15)17-25-13-7-16(18(19,20)21)23-8-14(13)26(17)3;1-4-29(27,28)15-6-12-11(23-9(2)24-12)5-10(15)17-25-13-7-16(18(19,20)21)22-8-14(13)26(17)3/h5-8H,4,22H2,1-3H3,(H,24,27);5-8H,4H2,1-3H3,(H,23,24). The lowest BCUT2D eigenvalue weighted by atomic mass is 10.1. The molecule has 0 unspecified atom stereocenters. The SMILES string of the molecule is CCS(=O)(=O)c1cc(NC(C)=O)c(N)cc1-c1nc2cc(C(F)(F)F)ncc2n1C.CCS(=O)(=O)c1cc2[nH]c(C)nc2cc1-c1nc2cc(C(F)(F)F)ncc2n1C. The Morgan fingerprint density at radius 1 is 0.729 bits per heavy atom. The van der Waals surface area contributed by atoms with E-state index < -0.39 is 49.3 Å². The molecule has 0 aliphatic rings. The Morgan fingerprint density at radius 3 is 1.63 bits per heavy atom. The van der Waals surface area contributed by atoms with Crippen LogP contribution in [0.25, 0.3) is 55.9 Å². The third kappa shape index (κ3) is 8.15. The lowest BCUT2D eigenvalue weighted by molar-refractivity contribution is -0.141. The maximum atomic E-state index is 13.0. The summed E-state index contributed by atoms with van der Waals surface area (Å²) in [6, 6.07) is 7.27. The first kappa shape index (κ1) is 42.5. The molecule has 7 aromatic rings. The minimum atomic E-state index is -4.65. The molecule has 1 amide bonds. The average molecular weight is 865 g/mol. The number of halogens is 6. The number of nitrogens with two attached hydrogens (primary N) is 1. The van der Waals surface area contributed by atoms with Crippen molar-refractivity contribution in [3.05, 3.63) is 66.0 Å². The quantitative estimate of drug-likeness (QED) is 0.114. The van der Waals surface area contributed by atoms with Gasteiger partial charge in [0, 0.05) is 32.1 Å². The lowest BCUT2D eigenvalue weighted by Crippen LogP contribution is -2.12. The summed E-state index contributed by atoms with van der Waals surface area (Å²) < 4.78 is 132. The van der Waals surface area contributed by atoms with Crippen molar-refractivity contribution in [1.29, 1.82) is 0 Å². The van der Waals surface area contributed by atoms with E-state index in [1.807, 2.05) is 0 Å². The van der Waals surface area contributed by atoms with Gasteiger partial charge in [-0.3, -0.25) is 4.79 Å². The molecule has 0 spiro atoms. The van der Waals surface area contributed by atoms with Crippen LogP contribution in [0.5, 0.6) is 0 Å². The molecule has 59 heavy (non-hydrogen) atoms. The highest BCUT2D eigenvalue weighted by molar-refractivity contribution is 7.91. The molecule has 312 valence electrons. The van der Waals surface area contributed by atoms with Crippen LogP contribution in [0, 0.1) is 6.92 Å². The number of amides is 1. The number of aryl methyl sites for hydroxylation is 3. The number of aromatic amines is 1. The minimum absolute atomic E-state index is 0.000759. The summed E-state index contributed by atoms with van der Waals surface area (Å²) in [4.78, 5) is 34.0. The van der Waals surface area contributed by atoms with Crippen molar-refractivity contribution >= 4 is 70.1 Å². The Labute approximate surface area is 331 Å². The number of pyridine rings is 2. The third-order valence-corrected chi connectivity index (χ3v) is 12.7. The van der Waals surface area contributed by atoms with Crippen LogP contribution < -0.4 is 11.1 Å². The van der Waals surface area contributed by atoms with Gasteiger partial charge in [0.1, 0.15) is 28.9 Å². The number of hydrogen-bond donors (Lipinski definition) is 3. The normalized spacial score (nSPS) is 12.6. The maximum Gasteiger partial charge on any atom is 0.433 e. The zero-order valence-corrected chi connectivity index (χ0v) is 33.5. The van der Waals surface area contributed by atoms with Gasteiger partial charge in [0.25, 0.3) is 0 Å². The Hall–Kier alpha value is -6.10. The third-order valence-electron chi connectivity index (χ3n) is 9.19. The molecule has 0 fully saturated rings. The first-order valence-corrected chi connectivity index (χ1v) is 20.6. The number of H-pyrrole nitrogens is 1. The number of nitrogen functional groups attached to an aromatic ring is 1. The lowest BCUT2D eigenvalue weighted by Gasteiger charge is -2.14. The number of hydrogen-bond acceptors (Lipinski definition) is 11. The van der Waals surface area contributed by atoms with Gasteiger partial charge in [-0.05, 0) is 43.3 Å². The molecule has 4 N–H and O–H groups in total. The van der Waals surface area contributed by atoms with Crippen LogP contribution in [-0.2, 0) is 50.9 Å². The van der Waals surface area contributed by atoms with Crippen molar-refractivity contribution in [2.75, 3.05) is 22.6 Å². The van der Waals surface area contributed by atoms with E-state index in [0.717, 1.165) is 24.5 Å². The smallest absolute Gasteiger partial charge is 0.397 e. The Bertz CT molecular complexity index is 3050. The van der Waals surface area contributed by atoms with Crippen LogP contribution in [0.2, 0.25) is 0 Å². The van der Waals surface area contributed by atoms with E-state index in [1.54, 1.807) is 20.0 Å². The number of fused-ring (bicyclic) bond motifs is 3. The predicted molar refractivity (Wildman–Crippen MR) is 206 cm³/mol. The number of rotatable bonds is 7. The summed E-state index contributed by atoms with van der Waals surface area (Å²) in [6.45, 7) is 5.96. The van der Waals surface area contributed by atoms with Crippen LogP contribution in [0.4, 0.5) is 37.7 Å². The van der Waals surface area contributed by atoms with Gasteiger partial charge in [0.05, 0.1) is 78.2 Å². The zero-order valence-electron chi connectivity index (χ0n) is 31.9. The highest BCUT2D eigenvalue weighted by Gasteiger charge is 2.35. The Kier molecular flexibility index (Phi) is 10.8. The van der Waals surface area contributed by atoms with E-state index in [4.69, 9.17) is 5.73 Å². The summed E-state index contributed by atoms with van der Waals surface area (Å²) >= 11 is 0. The second-order valence-electron chi connectivity index (χ2n) is 13.2. The number of carbonyl (C=O) groups is 1. The molecule has 5 heterocycles. The molecule has 0 radical (unpaired) electrons. The van der Waals surface area contributed by atoms with Crippen LogP contribution in [0.15, 0.2) is 58.6 Å². The molecule has 0 aliphatic carbocycles. The summed E-state index contributed by atoms with van der Waals surface area (Å²) in [7, 11) is -4.31. The van der Waals surface area contributed by atoms with E-state index in [-0.39, 0.29) is 72.0 Å². The number of aromatic nitrogens is 8. The topological polar surface area (TPSA) is 213 Å². The van der Waals surface area contributed by atoms with Crippen LogP contribution in [0.1, 0.15) is 38.0 Å². The summed E-state index contributed by atoms with van der Waals surface area (Å²) in [5.41, 5.74) is 6.17. The van der Waals surface area contributed by atoms with Crippen molar-refractivity contribution in [1.82, 2.24) is 39.0 Å². The van der Waals surface area contributed by atoms with Gasteiger partial charge in [-0.15, -0.1) is 0 Å². The first-order chi connectivity index (χ1) is 27.4. The summed E-state index contributed by atoms with van der Waals surface area (Å²) in [5, 5.41) is 2.46. The van der Waals surface area contributed by atoms with Gasteiger partial charge in [-0.2, -0.15) is 26.3 Å². The molecule has 7 rings (SSSR count). The molecule has 0 atom stereocenters. The Morgan fingerprint density at radius 2 is 1.19 bits per heavy atom. The second kappa shape index (κ2) is 14.9. The minimum Gasteiger partial charge on any atom is -0.397 e. The van der Waals surface area contributed by atoms with Crippen molar-refractivity contribution in [2.24, 2.45) is 14.1 Å². The van der Waals surface area contributed by atoms with E-state index in [9.17, 15) is 48.0 Å². The molecule has 0 saturated carbocycles. The highest BCUT2D eigenvalue weighted by atomic mass is 32.2. The van der Waals surface area contributed by atoms with Crippen molar-refractivity contribution in [3.63, 3.8) is 0 Å². The fourth-order valence-electron chi connectivity index (χ4n) is 6.20. The number of carbonyl (C=O) groups excluding carboxylic acids is 1. The molecular formula is C36H34F6N10O5S2. The van der Waals surface area contributed by atoms with Crippen LogP contribution >= 0.6 is 0 Å². The molecule has 23 heteroatoms. The van der Waals surface area contributed by atoms with Gasteiger partial charge >= 0.3 is 12.4 Å². The van der Waals surface area contributed by atoms with Crippen molar-refractivity contribution < 1.29 is 48.0 Å². The van der Waals surface area contributed by atoms with Gasteiger partial charge in [-0.1, -0.05) is 13.8 Å². The van der Waals surface area contributed by atoms with E-state index in [1.165, 1.54) is 55.2 Å². The van der Waals surface area contributed by atoms with Gasteiger partial charge in [0.15, 0.2) is 19.7 Å². The average Bonchev–Trinajstić information content (AvgIpc) is 3.81.